The quantitative estimate of drug-likeness (QED) is 0.112. The van der Waals surface area contributed by atoms with Crippen molar-refractivity contribution < 1.29 is 51.9 Å². The van der Waals surface area contributed by atoms with Crippen LogP contribution in [-0.4, -0.2) is 72.9 Å². The monoisotopic (exact) mass is 733 g/mol. The lowest BCUT2D eigenvalue weighted by molar-refractivity contribution is -0.301. The molecule has 282 valence electrons. The van der Waals surface area contributed by atoms with Gasteiger partial charge in [0.05, 0.1) is 33.0 Å². The molecule has 4 aromatic carbocycles. The fourth-order valence-electron chi connectivity index (χ4n) is 5.94. The van der Waals surface area contributed by atoms with Gasteiger partial charge >= 0.3 is 12.1 Å². The zero-order valence-electron chi connectivity index (χ0n) is 29.4. The van der Waals surface area contributed by atoms with Crippen molar-refractivity contribution in [3.05, 3.63) is 144 Å². The Bertz CT molecular complexity index is 1670. The van der Waals surface area contributed by atoms with Gasteiger partial charge in [0.1, 0.15) is 43.2 Å². The van der Waals surface area contributed by atoms with E-state index in [-0.39, 0.29) is 39.6 Å². The molecule has 10 nitrogen and oxygen atoms in total. The summed E-state index contributed by atoms with van der Waals surface area (Å²) < 4.78 is 67.9. The number of benzene rings is 4. The number of rotatable bonds is 18. The van der Waals surface area contributed by atoms with Crippen LogP contribution in [-0.2, 0) is 59.6 Å². The lowest BCUT2D eigenvalue weighted by atomic mass is 9.89. The number of esters is 1. The van der Waals surface area contributed by atoms with E-state index in [0.29, 0.717) is 5.56 Å². The van der Waals surface area contributed by atoms with Crippen LogP contribution in [0.25, 0.3) is 0 Å². The van der Waals surface area contributed by atoms with Gasteiger partial charge in [-0.15, -0.1) is 0 Å². The Hall–Kier alpha value is -4.72. The molecular formula is C41H45F2NO9. The lowest BCUT2D eigenvalue weighted by Gasteiger charge is -2.46. The molecule has 0 spiro atoms. The van der Waals surface area contributed by atoms with Crippen LogP contribution in [0.2, 0.25) is 0 Å². The second-order valence-corrected chi connectivity index (χ2v) is 12.6. The van der Waals surface area contributed by atoms with E-state index in [1.165, 1.54) is 6.92 Å². The van der Waals surface area contributed by atoms with Gasteiger partial charge in [0.25, 0.3) is 5.92 Å². The van der Waals surface area contributed by atoms with Gasteiger partial charge in [0.2, 0.25) is 0 Å². The number of halogens is 2. The van der Waals surface area contributed by atoms with E-state index in [1.807, 2.05) is 91.0 Å². The van der Waals surface area contributed by atoms with Gasteiger partial charge in [-0.25, -0.2) is 18.4 Å². The van der Waals surface area contributed by atoms with E-state index in [0.717, 1.165) is 16.7 Å². The Balaban J connectivity index is 1.39. The molecule has 0 aliphatic carbocycles. The first-order valence-electron chi connectivity index (χ1n) is 17.5. The van der Waals surface area contributed by atoms with Crippen molar-refractivity contribution in [2.24, 2.45) is 0 Å². The van der Waals surface area contributed by atoms with Gasteiger partial charge in [-0.3, -0.25) is 0 Å². The van der Waals surface area contributed by atoms with Crippen molar-refractivity contribution in [3.8, 4) is 0 Å². The van der Waals surface area contributed by atoms with E-state index in [9.17, 15) is 14.7 Å². The van der Waals surface area contributed by atoms with Crippen LogP contribution in [0.1, 0.15) is 35.6 Å². The highest BCUT2D eigenvalue weighted by atomic mass is 19.3. The molecule has 1 amide bonds. The number of hydrogen-bond donors (Lipinski definition) is 2. The molecule has 2 N–H and O–H groups in total. The Labute approximate surface area is 307 Å². The fraction of sp³-hybridized carbons (Fsp3) is 0.366. The largest absolute Gasteiger partial charge is 0.464 e. The van der Waals surface area contributed by atoms with E-state index < -0.39 is 61.0 Å². The SMILES string of the molecule is CCOC(=O)C(CC(F)(F)[C@H]1O[C@H](COCc2ccccc2)[C@H](OCc2ccccc2)[C@H](OCc2ccccc2)[C@H]1O)NC(=O)OCc1ccccc1. The van der Waals surface area contributed by atoms with Gasteiger partial charge in [-0.05, 0) is 29.2 Å². The molecule has 1 aliphatic heterocycles. The summed E-state index contributed by atoms with van der Waals surface area (Å²) in [5.41, 5.74) is 3.06. The van der Waals surface area contributed by atoms with E-state index in [4.69, 9.17) is 28.4 Å². The number of carbonyl (C=O) groups is 2. The number of ether oxygens (including phenoxy) is 6. The molecule has 0 saturated carbocycles. The van der Waals surface area contributed by atoms with Crippen LogP contribution in [0.5, 0.6) is 0 Å². The molecule has 1 unspecified atom stereocenters. The van der Waals surface area contributed by atoms with Crippen molar-refractivity contribution in [1.29, 1.82) is 0 Å². The zero-order chi connectivity index (χ0) is 37.5. The molecule has 5 rings (SSSR count). The average Bonchev–Trinajstić information content (AvgIpc) is 3.17. The van der Waals surface area contributed by atoms with E-state index in [2.05, 4.69) is 5.32 Å². The first kappa shape index (κ1) is 39.5. The molecule has 1 aliphatic rings. The summed E-state index contributed by atoms with van der Waals surface area (Å²) in [6, 6.07) is 34.5. The maximum atomic E-state index is 16.6. The highest BCUT2D eigenvalue weighted by Gasteiger charge is 2.57. The van der Waals surface area contributed by atoms with Gasteiger partial charge in [-0.1, -0.05) is 121 Å². The minimum absolute atomic E-state index is 0.0239. The number of aliphatic hydroxyl groups excluding tert-OH is 1. The molecule has 53 heavy (non-hydrogen) atoms. The molecule has 1 fully saturated rings. The summed E-state index contributed by atoms with van der Waals surface area (Å²) in [5.74, 6) is -5.02. The maximum Gasteiger partial charge on any atom is 0.408 e. The predicted octanol–water partition coefficient (Wildman–Crippen LogP) is 6.39. The van der Waals surface area contributed by atoms with Crippen LogP contribution < -0.4 is 5.32 Å². The van der Waals surface area contributed by atoms with Crippen LogP contribution in [0.4, 0.5) is 13.6 Å². The predicted molar refractivity (Wildman–Crippen MR) is 191 cm³/mol. The van der Waals surface area contributed by atoms with Crippen LogP contribution >= 0.6 is 0 Å². The molecular weight excluding hydrogens is 688 g/mol. The second-order valence-electron chi connectivity index (χ2n) is 12.6. The van der Waals surface area contributed by atoms with Gasteiger partial charge in [0.15, 0.2) is 0 Å². The average molecular weight is 734 g/mol. The summed E-state index contributed by atoms with van der Waals surface area (Å²) in [6.07, 6.45) is -10.0. The van der Waals surface area contributed by atoms with Crippen molar-refractivity contribution >= 4 is 12.1 Å². The Morgan fingerprint density at radius 3 is 1.70 bits per heavy atom. The number of alkyl halides is 2. The third-order valence-corrected chi connectivity index (χ3v) is 8.59. The Kier molecular flexibility index (Phi) is 14.8. The normalized spacial score (nSPS) is 20.6. The topological polar surface area (TPSA) is 122 Å². The van der Waals surface area contributed by atoms with Crippen molar-refractivity contribution in [2.45, 2.75) is 82.3 Å². The van der Waals surface area contributed by atoms with Gasteiger partial charge in [0, 0.05) is 6.42 Å². The summed E-state index contributed by atoms with van der Waals surface area (Å²) in [6.45, 7) is 1.25. The highest BCUT2D eigenvalue weighted by molar-refractivity contribution is 5.81. The first-order valence-corrected chi connectivity index (χ1v) is 17.5. The van der Waals surface area contributed by atoms with Crippen LogP contribution in [0.3, 0.4) is 0 Å². The third-order valence-electron chi connectivity index (χ3n) is 8.59. The van der Waals surface area contributed by atoms with Crippen molar-refractivity contribution in [1.82, 2.24) is 5.32 Å². The first-order chi connectivity index (χ1) is 25.7. The third kappa shape index (κ3) is 11.9. The van der Waals surface area contributed by atoms with Gasteiger partial charge < -0.3 is 38.8 Å². The Morgan fingerprint density at radius 2 is 1.19 bits per heavy atom. The maximum absolute atomic E-state index is 16.6. The molecule has 0 bridgehead atoms. The Morgan fingerprint density at radius 1 is 0.717 bits per heavy atom. The zero-order valence-corrected chi connectivity index (χ0v) is 29.4. The van der Waals surface area contributed by atoms with Crippen molar-refractivity contribution in [2.75, 3.05) is 13.2 Å². The summed E-state index contributed by atoms with van der Waals surface area (Å²) in [5, 5.41) is 13.9. The molecule has 1 heterocycles. The number of hydrogen-bond acceptors (Lipinski definition) is 9. The van der Waals surface area contributed by atoms with Gasteiger partial charge in [-0.2, -0.15) is 0 Å². The van der Waals surface area contributed by atoms with Crippen molar-refractivity contribution in [3.63, 3.8) is 0 Å². The highest BCUT2D eigenvalue weighted by Crippen LogP contribution is 2.38. The molecule has 0 aromatic heterocycles. The molecule has 12 heteroatoms. The van der Waals surface area contributed by atoms with Crippen LogP contribution in [0, 0.1) is 0 Å². The summed E-state index contributed by atoms with van der Waals surface area (Å²) in [4.78, 5) is 25.7. The minimum Gasteiger partial charge on any atom is -0.464 e. The molecule has 0 radical (unpaired) electrons. The van der Waals surface area contributed by atoms with E-state index in [1.54, 1.807) is 30.3 Å². The fourth-order valence-corrected chi connectivity index (χ4v) is 5.94. The second kappa shape index (κ2) is 19.9. The number of amides is 1. The number of carbonyl (C=O) groups excluding carboxylic acids is 2. The van der Waals surface area contributed by atoms with E-state index >= 15 is 8.78 Å². The van der Waals surface area contributed by atoms with Crippen LogP contribution in [0.15, 0.2) is 121 Å². The number of nitrogens with one attached hydrogen (secondary N) is 1. The number of aliphatic hydroxyl groups is 1. The number of alkyl carbamates (subject to hydrolysis) is 1. The standard InChI is InChI=1S/C41H45F2NO9/c1-2-49-39(46)33(44-40(47)52-27-32-21-13-6-14-22-32)23-41(42,43)38-35(45)37(51-26-31-19-11-5-12-20-31)36(50-25-30-17-9-4-10-18-30)34(53-38)28-48-24-29-15-7-3-8-16-29/h3-22,33-38,45H,2,23-28H2,1H3,(H,44,47)/t33?,34-,35-,36+,37-,38+/m1/s1. The summed E-state index contributed by atoms with van der Waals surface area (Å²) >= 11 is 0. The summed E-state index contributed by atoms with van der Waals surface area (Å²) in [7, 11) is 0. The molecule has 4 aromatic rings. The lowest BCUT2D eigenvalue weighted by Crippen LogP contribution is -2.65. The minimum atomic E-state index is -3.92. The molecule has 6 atom stereocenters. The molecule has 1 saturated heterocycles. The smallest absolute Gasteiger partial charge is 0.408 e.